The van der Waals surface area contributed by atoms with Crippen LogP contribution in [0.4, 0.5) is 0 Å². The van der Waals surface area contributed by atoms with Gasteiger partial charge < -0.3 is 25.5 Å². The van der Waals surface area contributed by atoms with E-state index in [-0.39, 0.29) is 25.4 Å². The second-order valence-electron chi connectivity index (χ2n) is 2.43. The molecule has 0 saturated carbocycles. The Hall–Kier alpha value is -0.260. The molecule has 0 aliphatic carbocycles. The highest BCUT2D eigenvalue weighted by atomic mass is 31.2. The van der Waals surface area contributed by atoms with Crippen molar-refractivity contribution >= 4 is 13.2 Å². The first-order valence-corrected chi connectivity index (χ1v) is 5.99. The molecule has 13 heavy (non-hydrogen) atoms. The number of carbonyl (C=O) groups is 1. The minimum atomic E-state index is -2.20. The number of rotatable bonds is 4. The molecule has 5 N–H and O–H groups in total. The highest BCUT2D eigenvalue weighted by molar-refractivity contribution is 7.75. The van der Waals surface area contributed by atoms with Crippen molar-refractivity contribution in [2.24, 2.45) is 0 Å². The van der Waals surface area contributed by atoms with Gasteiger partial charge in [-0.25, -0.2) is 0 Å². The van der Waals surface area contributed by atoms with Gasteiger partial charge >= 0.3 is 0 Å². The van der Waals surface area contributed by atoms with Crippen LogP contribution in [-0.2, 0) is 4.79 Å². The Labute approximate surface area is 76.8 Å². The van der Waals surface area contributed by atoms with E-state index in [0.29, 0.717) is 0 Å². The number of hydrogen-bond acceptors (Lipinski definition) is 5. The van der Waals surface area contributed by atoms with Crippen LogP contribution in [0.5, 0.6) is 0 Å². The van der Waals surface area contributed by atoms with Gasteiger partial charge in [-0.1, -0.05) is 0 Å². The highest BCUT2D eigenvalue weighted by Crippen LogP contribution is 2.54. The summed E-state index contributed by atoms with van der Waals surface area (Å²) < 4.78 is 0. The van der Waals surface area contributed by atoms with Gasteiger partial charge in [0.15, 0.2) is 25.4 Å². The number of aliphatic hydroxyl groups is 4. The zero-order valence-corrected chi connectivity index (χ0v) is 8.31. The molecule has 0 aliphatic rings. The standard InChI is InChI=1S/C4H12O4P.C2H4O2/c5-1-9(2-6,3-7)4-8;1-2(3)4/h5-8H,1-4H2;1H3,(H,3,4)/q+1;. The molecule has 0 atom stereocenters. The molecule has 0 bridgehead atoms. The Kier molecular flexibility index (Phi) is 9.77. The number of hydrogen-bond donors (Lipinski definition) is 5. The van der Waals surface area contributed by atoms with Crippen LogP contribution < -0.4 is 0 Å². The van der Waals surface area contributed by atoms with Gasteiger partial charge in [0.05, 0.1) is 0 Å². The van der Waals surface area contributed by atoms with Crippen molar-refractivity contribution in [2.75, 3.05) is 25.4 Å². The van der Waals surface area contributed by atoms with Crippen molar-refractivity contribution in [1.29, 1.82) is 0 Å². The number of aliphatic carboxylic acids is 1. The highest BCUT2D eigenvalue weighted by Gasteiger charge is 2.34. The van der Waals surface area contributed by atoms with Gasteiger partial charge in [-0.3, -0.25) is 4.79 Å². The molecular weight excluding hydrogens is 199 g/mol. The van der Waals surface area contributed by atoms with Crippen LogP contribution in [0, 0.1) is 0 Å². The first kappa shape index (κ1) is 15.2. The average molecular weight is 215 g/mol. The third kappa shape index (κ3) is 8.08. The van der Waals surface area contributed by atoms with Gasteiger partial charge in [0.2, 0.25) is 0 Å². The van der Waals surface area contributed by atoms with Crippen molar-refractivity contribution in [3.63, 3.8) is 0 Å². The molecule has 0 aromatic heterocycles. The molecule has 0 heterocycles. The van der Waals surface area contributed by atoms with Crippen LogP contribution >= 0.6 is 7.26 Å². The summed E-state index contributed by atoms with van der Waals surface area (Å²) in [5.41, 5.74) is 0. The maximum atomic E-state index is 9.00. The molecule has 0 aromatic rings. The summed E-state index contributed by atoms with van der Waals surface area (Å²) in [5.74, 6) is -0.833. The SMILES string of the molecule is CC(=O)O.OC[P+](CO)(CO)CO. The topological polar surface area (TPSA) is 118 Å². The van der Waals surface area contributed by atoms with E-state index in [9.17, 15) is 0 Å². The zero-order valence-electron chi connectivity index (χ0n) is 7.42. The lowest BCUT2D eigenvalue weighted by Gasteiger charge is -2.15. The van der Waals surface area contributed by atoms with Gasteiger partial charge in [0.1, 0.15) is 7.26 Å². The number of aliphatic hydroxyl groups excluding tert-OH is 4. The molecule has 0 aliphatic heterocycles. The van der Waals surface area contributed by atoms with Crippen LogP contribution in [0.3, 0.4) is 0 Å². The third-order valence-corrected chi connectivity index (χ3v) is 3.60. The molecule has 0 rings (SSSR count). The first-order valence-electron chi connectivity index (χ1n) is 3.46. The largest absolute Gasteiger partial charge is 0.481 e. The maximum Gasteiger partial charge on any atom is 0.300 e. The summed E-state index contributed by atoms with van der Waals surface area (Å²) in [4.78, 5) is 9.00. The summed E-state index contributed by atoms with van der Waals surface area (Å²) in [5, 5.41) is 41.6. The van der Waals surface area contributed by atoms with Crippen LogP contribution in [0.25, 0.3) is 0 Å². The molecular formula is C6H16O6P+. The van der Waals surface area contributed by atoms with Gasteiger partial charge in [-0.15, -0.1) is 0 Å². The molecule has 80 valence electrons. The second kappa shape index (κ2) is 8.34. The molecule has 0 amide bonds. The Morgan fingerprint density at radius 1 is 1.00 bits per heavy atom. The van der Waals surface area contributed by atoms with E-state index < -0.39 is 13.2 Å². The fourth-order valence-corrected chi connectivity index (χ4v) is 0.805. The van der Waals surface area contributed by atoms with E-state index in [1.54, 1.807) is 0 Å². The molecule has 6 nitrogen and oxygen atoms in total. The van der Waals surface area contributed by atoms with E-state index in [0.717, 1.165) is 6.92 Å². The van der Waals surface area contributed by atoms with E-state index >= 15 is 0 Å². The van der Waals surface area contributed by atoms with Crippen molar-refractivity contribution in [1.82, 2.24) is 0 Å². The van der Waals surface area contributed by atoms with E-state index in [2.05, 4.69) is 0 Å². The Morgan fingerprint density at radius 2 is 1.15 bits per heavy atom. The lowest BCUT2D eigenvalue weighted by atomic mass is 10.9. The van der Waals surface area contributed by atoms with Gasteiger partial charge in [-0.2, -0.15) is 0 Å². The fraction of sp³-hybridized carbons (Fsp3) is 0.833. The molecule has 0 unspecified atom stereocenters. The van der Waals surface area contributed by atoms with Crippen molar-refractivity contribution in [2.45, 2.75) is 6.92 Å². The lowest BCUT2D eigenvalue weighted by molar-refractivity contribution is -0.134. The second-order valence-corrected chi connectivity index (χ2v) is 6.24. The average Bonchev–Trinajstić information content (AvgIpc) is 2.09. The van der Waals surface area contributed by atoms with Crippen molar-refractivity contribution in [3.05, 3.63) is 0 Å². The van der Waals surface area contributed by atoms with Crippen LogP contribution in [0.2, 0.25) is 0 Å². The molecule has 0 spiro atoms. The monoisotopic (exact) mass is 215 g/mol. The van der Waals surface area contributed by atoms with E-state index in [1.807, 2.05) is 0 Å². The van der Waals surface area contributed by atoms with Crippen molar-refractivity contribution < 1.29 is 30.3 Å². The smallest absolute Gasteiger partial charge is 0.300 e. The van der Waals surface area contributed by atoms with Gasteiger partial charge in [0.25, 0.3) is 5.97 Å². The summed E-state index contributed by atoms with van der Waals surface area (Å²) in [6.45, 7) is 1.08. The van der Waals surface area contributed by atoms with Gasteiger partial charge in [0, 0.05) is 6.92 Å². The van der Waals surface area contributed by atoms with Crippen LogP contribution in [0.15, 0.2) is 0 Å². The zero-order chi connectivity index (χ0) is 10.9. The first-order chi connectivity index (χ1) is 5.97. The number of carboxylic acid groups (broad SMARTS) is 1. The van der Waals surface area contributed by atoms with Crippen molar-refractivity contribution in [3.8, 4) is 0 Å². The quantitative estimate of drug-likeness (QED) is 0.380. The minimum absolute atomic E-state index is 0.295. The Morgan fingerprint density at radius 3 is 1.15 bits per heavy atom. The van der Waals surface area contributed by atoms with Crippen LogP contribution in [-0.4, -0.2) is 56.9 Å². The molecule has 0 radical (unpaired) electrons. The predicted octanol–water partition coefficient (Wildman–Crippen LogP) is -1.11. The normalized spacial score (nSPS) is 10.2. The minimum Gasteiger partial charge on any atom is -0.481 e. The number of carboxylic acids is 1. The summed E-state index contributed by atoms with van der Waals surface area (Å²) in [6.07, 6.45) is -1.18. The summed E-state index contributed by atoms with van der Waals surface area (Å²) >= 11 is 0. The Bertz CT molecular complexity index is 114. The third-order valence-electron chi connectivity index (χ3n) is 1.20. The Balaban J connectivity index is 0. The molecule has 0 saturated heterocycles. The maximum absolute atomic E-state index is 9.00. The summed E-state index contributed by atoms with van der Waals surface area (Å²) in [6, 6.07) is 0. The fourth-order valence-electron chi connectivity index (χ4n) is 0.268. The van der Waals surface area contributed by atoms with E-state index in [4.69, 9.17) is 30.3 Å². The molecule has 0 aromatic carbocycles. The lowest BCUT2D eigenvalue weighted by Crippen LogP contribution is -2.10. The van der Waals surface area contributed by atoms with Gasteiger partial charge in [-0.05, 0) is 0 Å². The molecule has 0 fully saturated rings. The summed E-state index contributed by atoms with van der Waals surface area (Å²) in [7, 11) is -2.20. The molecule has 7 heteroatoms. The van der Waals surface area contributed by atoms with Crippen LogP contribution in [0.1, 0.15) is 6.92 Å². The van der Waals surface area contributed by atoms with E-state index in [1.165, 1.54) is 0 Å². The predicted molar refractivity (Wildman–Crippen MR) is 48.6 cm³/mol.